The van der Waals surface area contributed by atoms with E-state index in [0.29, 0.717) is 22.3 Å². The molecule has 2 rings (SSSR count). The van der Waals surface area contributed by atoms with Gasteiger partial charge in [0, 0.05) is 4.47 Å². The standard InChI is InChI=1S/C13H12BBrO3/c15-13-7-6-11(8-12(13)14(16)17)18-9-10-4-2-1-3-5-10/h1-8,16-17H,9H2. The van der Waals surface area contributed by atoms with Crippen LogP contribution in [0.3, 0.4) is 0 Å². The minimum absolute atomic E-state index is 0.389. The molecule has 0 saturated carbocycles. The number of rotatable bonds is 4. The Balaban J connectivity index is 2.08. The van der Waals surface area contributed by atoms with Gasteiger partial charge in [0.2, 0.25) is 0 Å². The van der Waals surface area contributed by atoms with Gasteiger partial charge in [0.25, 0.3) is 0 Å². The fourth-order valence-corrected chi connectivity index (χ4v) is 2.00. The van der Waals surface area contributed by atoms with E-state index in [-0.39, 0.29) is 0 Å². The minimum Gasteiger partial charge on any atom is -0.489 e. The highest BCUT2D eigenvalue weighted by molar-refractivity contribution is 9.10. The molecule has 2 N–H and O–H groups in total. The fourth-order valence-electron chi connectivity index (χ4n) is 1.55. The Morgan fingerprint density at radius 1 is 1.06 bits per heavy atom. The normalized spacial score (nSPS) is 10.2. The molecular formula is C13H12BBrO3. The molecule has 0 saturated heterocycles. The van der Waals surface area contributed by atoms with Gasteiger partial charge in [-0.1, -0.05) is 46.3 Å². The largest absolute Gasteiger partial charge is 0.489 e. The van der Waals surface area contributed by atoms with Gasteiger partial charge in [-0.3, -0.25) is 0 Å². The Morgan fingerprint density at radius 3 is 2.44 bits per heavy atom. The summed E-state index contributed by atoms with van der Waals surface area (Å²) in [7, 11) is -1.51. The monoisotopic (exact) mass is 306 g/mol. The summed E-state index contributed by atoms with van der Waals surface area (Å²) in [5.41, 5.74) is 1.45. The van der Waals surface area contributed by atoms with Crippen molar-refractivity contribution in [1.29, 1.82) is 0 Å². The van der Waals surface area contributed by atoms with Crippen molar-refractivity contribution in [2.45, 2.75) is 6.61 Å². The van der Waals surface area contributed by atoms with E-state index in [4.69, 9.17) is 4.74 Å². The van der Waals surface area contributed by atoms with Crippen LogP contribution >= 0.6 is 15.9 Å². The lowest BCUT2D eigenvalue weighted by Gasteiger charge is -2.09. The predicted octanol–water partition coefficient (Wildman–Crippen LogP) is 1.71. The Morgan fingerprint density at radius 2 is 1.78 bits per heavy atom. The molecule has 2 aromatic rings. The Labute approximate surface area is 114 Å². The maximum Gasteiger partial charge on any atom is 0.489 e. The van der Waals surface area contributed by atoms with Gasteiger partial charge >= 0.3 is 7.12 Å². The molecule has 92 valence electrons. The zero-order chi connectivity index (χ0) is 13.0. The zero-order valence-corrected chi connectivity index (χ0v) is 11.2. The smallest absolute Gasteiger partial charge is 0.489 e. The molecule has 0 aromatic heterocycles. The zero-order valence-electron chi connectivity index (χ0n) is 9.58. The van der Waals surface area contributed by atoms with Crippen LogP contribution in [0.2, 0.25) is 0 Å². The Bertz CT molecular complexity index is 517. The lowest BCUT2D eigenvalue weighted by atomic mass is 9.80. The average molecular weight is 307 g/mol. The molecule has 0 fully saturated rings. The molecule has 0 heterocycles. The van der Waals surface area contributed by atoms with Crippen LogP contribution in [0.4, 0.5) is 0 Å². The summed E-state index contributed by atoms with van der Waals surface area (Å²) in [6.07, 6.45) is 0. The van der Waals surface area contributed by atoms with Gasteiger partial charge in [-0.2, -0.15) is 0 Å². The minimum atomic E-state index is -1.51. The first-order chi connectivity index (χ1) is 8.66. The van der Waals surface area contributed by atoms with Gasteiger partial charge < -0.3 is 14.8 Å². The summed E-state index contributed by atoms with van der Waals surface area (Å²) in [6.45, 7) is 0.448. The number of halogens is 1. The van der Waals surface area contributed by atoms with Crippen LogP contribution < -0.4 is 10.2 Å². The van der Waals surface area contributed by atoms with Gasteiger partial charge in [-0.15, -0.1) is 0 Å². The number of ether oxygens (including phenoxy) is 1. The molecule has 0 unspecified atom stereocenters. The number of hydrogen-bond donors (Lipinski definition) is 2. The average Bonchev–Trinajstić information content (AvgIpc) is 2.38. The third kappa shape index (κ3) is 3.35. The molecule has 3 nitrogen and oxygen atoms in total. The van der Waals surface area contributed by atoms with E-state index in [1.54, 1.807) is 18.2 Å². The van der Waals surface area contributed by atoms with Crippen molar-refractivity contribution >= 4 is 28.5 Å². The maximum atomic E-state index is 9.18. The summed E-state index contributed by atoms with van der Waals surface area (Å²) in [5, 5.41) is 18.4. The van der Waals surface area contributed by atoms with Gasteiger partial charge in [0.05, 0.1) is 0 Å². The van der Waals surface area contributed by atoms with Gasteiger partial charge in [0.15, 0.2) is 0 Å². The number of hydrogen-bond acceptors (Lipinski definition) is 3. The van der Waals surface area contributed by atoms with Crippen molar-refractivity contribution in [3.05, 3.63) is 58.6 Å². The Kier molecular flexibility index (Phi) is 4.41. The molecule has 0 aliphatic rings. The molecule has 0 amide bonds. The fraction of sp³-hybridized carbons (Fsp3) is 0.0769. The summed E-state index contributed by atoms with van der Waals surface area (Å²) in [6, 6.07) is 14.9. The molecule has 0 bridgehead atoms. The summed E-state index contributed by atoms with van der Waals surface area (Å²) >= 11 is 3.25. The second kappa shape index (κ2) is 6.04. The van der Waals surface area contributed by atoms with Crippen LogP contribution in [0, 0.1) is 0 Å². The lowest BCUT2D eigenvalue weighted by molar-refractivity contribution is 0.306. The highest BCUT2D eigenvalue weighted by atomic mass is 79.9. The van der Waals surface area contributed by atoms with E-state index in [2.05, 4.69) is 15.9 Å². The molecule has 0 spiro atoms. The second-order valence-corrected chi connectivity index (χ2v) is 4.69. The highest BCUT2D eigenvalue weighted by Gasteiger charge is 2.15. The Hall–Kier alpha value is -1.30. The van der Waals surface area contributed by atoms with Gasteiger partial charge in [0.1, 0.15) is 12.4 Å². The SMILES string of the molecule is OB(O)c1cc(OCc2ccccc2)ccc1Br. The predicted molar refractivity (Wildman–Crippen MR) is 74.7 cm³/mol. The van der Waals surface area contributed by atoms with E-state index >= 15 is 0 Å². The van der Waals surface area contributed by atoms with Crippen molar-refractivity contribution < 1.29 is 14.8 Å². The third-order valence-corrected chi connectivity index (χ3v) is 3.22. The summed E-state index contributed by atoms with van der Waals surface area (Å²) in [4.78, 5) is 0. The van der Waals surface area contributed by atoms with E-state index in [0.717, 1.165) is 5.56 Å². The second-order valence-electron chi connectivity index (χ2n) is 3.83. The summed E-state index contributed by atoms with van der Waals surface area (Å²) < 4.78 is 6.24. The molecule has 0 aliphatic heterocycles. The molecule has 2 aromatic carbocycles. The molecule has 0 radical (unpaired) electrons. The molecule has 0 aliphatic carbocycles. The van der Waals surface area contributed by atoms with Crippen molar-refractivity contribution in [3.8, 4) is 5.75 Å². The topological polar surface area (TPSA) is 49.7 Å². The van der Waals surface area contributed by atoms with E-state index in [9.17, 15) is 10.0 Å². The van der Waals surface area contributed by atoms with Crippen LogP contribution in [-0.2, 0) is 6.61 Å². The molecule has 5 heteroatoms. The molecule has 0 atom stereocenters. The van der Waals surface area contributed by atoms with Gasteiger partial charge in [-0.25, -0.2) is 0 Å². The van der Waals surface area contributed by atoms with Crippen molar-refractivity contribution in [3.63, 3.8) is 0 Å². The first-order valence-electron chi connectivity index (χ1n) is 5.49. The summed E-state index contributed by atoms with van der Waals surface area (Å²) in [5.74, 6) is 0.602. The molecular weight excluding hydrogens is 295 g/mol. The van der Waals surface area contributed by atoms with Crippen LogP contribution in [0.15, 0.2) is 53.0 Å². The lowest BCUT2D eigenvalue weighted by Crippen LogP contribution is -2.30. The van der Waals surface area contributed by atoms with Gasteiger partial charge in [-0.05, 0) is 29.2 Å². The number of benzene rings is 2. The first-order valence-corrected chi connectivity index (χ1v) is 6.28. The van der Waals surface area contributed by atoms with Crippen molar-refractivity contribution in [2.24, 2.45) is 0 Å². The van der Waals surface area contributed by atoms with Crippen LogP contribution in [-0.4, -0.2) is 17.2 Å². The van der Waals surface area contributed by atoms with Crippen molar-refractivity contribution in [1.82, 2.24) is 0 Å². The first kappa shape index (κ1) is 13.1. The van der Waals surface area contributed by atoms with Crippen LogP contribution in [0.1, 0.15) is 5.56 Å². The van der Waals surface area contributed by atoms with E-state index in [1.165, 1.54) is 0 Å². The van der Waals surface area contributed by atoms with Crippen LogP contribution in [0.25, 0.3) is 0 Å². The quantitative estimate of drug-likeness (QED) is 0.846. The maximum absolute atomic E-state index is 9.18. The molecule has 18 heavy (non-hydrogen) atoms. The third-order valence-electron chi connectivity index (χ3n) is 2.49. The van der Waals surface area contributed by atoms with Crippen LogP contribution in [0.5, 0.6) is 5.75 Å². The van der Waals surface area contributed by atoms with E-state index < -0.39 is 7.12 Å². The van der Waals surface area contributed by atoms with Crippen molar-refractivity contribution in [2.75, 3.05) is 0 Å². The van der Waals surface area contributed by atoms with E-state index in [1.807, 2.05) is 30.3 Å². The highest BCUT2D eigenvalue weighted by Crippen LogP contribution is 2.16.